The van der Waals surface area contributed by atoms with Crippen LogP contribution in [0.2, 0.25) is 0 Å². The standard InChI is InChI=1S/C10H14F2N2/c1-10(11,12)7-14-9-5-3-2-4-8(9)6-13/h2-5,14H,6-7,13H2,1H3. The summed E-state index contributed by atoms with van der Waals surface area (Å²) in [5.74, 6) is -2.71. The first-order chi connectivity index (χ1) is 6.53. The summed E-state index contributed by atoms with van der Waals surface area (Å²) in [5, 5.41) is 2.67. The van der Waals surface area contributed by atoms with Crippen LogP contribution < -0.4 is 11.1 Å². The van der Waals surface area contributed by atoms with Gasteiger partial charge in [-0.3, -0.25) is 0 Å². The van der Waals surface area contributed by atoms with Crippen molar-refractivity contribution < 1.29 is 8.78 Å². The molecular formula is C10H14F2N2. The maximum absolute atomic E-state index is 12.5. The largest absolute Gasteiger partial charge is 0.379 e. The van der Waals surface area contributed by atoms with E-state index in [2.05, 4.69) is 5.32 Å². The zero-order valence-corrected chi connectivity index (χ0v) is 8.06. The van der Waals surface area contributed by atoms with Crippen molar-refractivity contribution in [3.8, 4) is 0 Å². The van der Waals surface area contributed by atoms with Gasteiger partial charge in [-0.1, -0.05) is 18.2 Å². The Morgan fingerprint density at radius 2 is 2.00 bits per heavy atom. The van der Waals surface area contributed by atoms with Gasteiger partial charge in [0.25, 0.3) is 5.92 Å². The Morgan fingerprint density at radius 1 is 1.36 bits per heavy atom. The molecule has 0 saturated carbocycles. The zero-order chi connectivity index (χ0) is 10.6. The van der Waals surface area contributed by atoms with Crippen molar-refractivity contribution in [2.45, 2.75) is 19.4 Å². The second-order valence-electron chi connectivity index (χ2n) is 3.29. The fourth-order valence-corrected chi connectivity index (χ4v) is 1.12. The van der Waals surface area contributed by atoms with Gasteiger partial charge in [-0.25, -0.2) is 8.78 Å². The molecule has 3 N–H and O–H groups in total. The predicted octanol–water partition coefficient (Wildman–Crippen LogP) is 2.21. The molecule has 0 amide bonds. The highest BCUT2D eigenvalue weighted by Crippen LogP contribution is 2.17. The van der Waals surface area contributed by atoms with Gasteiger partial charge in [-0.15, -0.1) is 0 Å². The molecule has 4 heteroatoms. The van der Waals surface area contributed by atoms with Crippen molar-refractivity contribution in [3.63, 3.8) is 0 Å². The summed E-state index contributed by atoms with van der Waals surface area (Å²) in [6.45, 7) is 0.855. The minimum Gasteiger partial charge on any atom is -0.379 e. The van der Waals surface area contributed by atoms with Gasteiger partial charge in [0.1, 0.15) is 0 Å². The van der Waals surface area contributed by atoms with Crippen LogP contribution in [0, 0.1) is 0 Å². The SMILES string of the molecule is CC(F)(F)CNc1ccccc1CN. The second kappa shape index (κ2) is 4.37. The minimum absolute atomic E-state index is 0.346. The van der Waals surface area contributed by atoms with Gasteiger partial charge < -0.3 is 11.1 Å². The molecule has 0 bridgehead atoms. The first kappa shape index (κ1) is 10.9. The first-order valence-electron chi connectivity index (χ1n) is 4.42. The lowest BCUT2D eigenvalue weighted by Crippen LogP contribution is -2.23. The summed E-state index contributed by atoms with van der Waals surface area (Å²) in [7, 11) is 0. The molecular weight excluding hydrogens is 186 g/mol. The number of para-hydroxylation sites is 1. The van der Waals surface area contributed by atoms with E-state index in [1.54, 1.807) is 12.1 Å². The minimum atomic E-state index is -2.71. The lowest BCUT2D eigenvalue weighted by Gasteiger charge is -2.14. The fourth-order valence-electron chi connectivity index (χ4n) is 1.12. The molecule has 0 unspecified atom stereocenters. The topological polar surface area (TPSA) is 38.0 Å². The molecule has 0 aliphatic carbocycles. The summed E-state index contributed by atoms with van der Waals surface area (Å²) in [6.07, 6.45) is 0. The smallest absolute Gasteiger partial charge is 0.262 e. The Labute approximate surface area is 82.1 Å². The molecule has 78 valence electrons. The average Bonchev–Trinajstić information content (AvgIpc) is 2.14. The number of nitrogens with two attached hydrogens (primary N) is 1. The number of hydrogen-bond acceptors (Lipinski definition) is 2. The summed E-state index contributed by atoms with van der Waals surface area (Å²) in [4.78, 5) is 0. The lowest BCUT2D eigenvalue weighted by atomic mass is 10.2. The van der Waals surface area contributed by atoms with Gasteiger partial charge >= 0.3 is 0 Å². The van der Waals surface area contributed by atoms with E-state index in [1.807, 2.05) is 12.1 Å². The number of alkyl halides is 2. The van der Waals surface area contributed by atoms with E-state index in [0.29, 0.717) is 12.2 Å². The molecule has 0 spiro atoms. The summed E-state index contributed by atoms with van der Waals surface area (Å²) in [5.41, 5.74) is 6.98. The highest BCUT2D eigenvalue weighted by Gasteiger charge is 2.20. The van der Waals surface area contributed by atoms with Crippen LogP contribution in [0.25, 0.3) is 0 Å². The van der Waals surface area contributed by atoms with Gasteiger partial charge in [-0.2, -0.15) is 0 Å². The first-order valence-corrected chi connectivity index (χ1v) is 4.42. The summed E-state index contributed by atoms with van der Waals surface area (Å²) >= 11 is 0. The van der Waals surface area contributed by atoms with E-state index < -0.39 is 5.92 Å². The third kappa shape index (κ3) is 3.30. The molecule has 0 aliphatic heterocycles. The Morgan fingerprint density at radius 3 is 2.57 bits per heavy atom. The van der Waals surface area contributed by atoms with Crippen LogP contribution in [0.1, 0.15) is 12.5 Å². The van der Waals surface area contributed by atoms with Gasteiger partial charge in [0.15, 0.2) is 0 Å². The maximum atomic E-state index is 12.5. The van der Waals surface area contributed by atoms with Crippen LogP contribution in [-0.2, 0) is 6.54 Å². The van der Waals surface area contributed by atoms with Gasteiger partial charge in [-0.05, 0) is 11.6 Å². The second-order valence-corrected chi connectivity index (χ2v) is 3.29. The van der Waals surface area contributed by atoms with Crippen molar-refractivity contribution in [3.05, 3.63) is 29.8 Å². The number of rotatable bonds is 4. The van der Waals surface area contributed by atoms with E-state index in [1.165, 1.54) is 0 Å². The molecule has 2 nitrogen and oxygen atoms in total. The van der Waals surface area contributed by atoms with Crippen molar-refractivity contribution >= 4 is 5.69 Å². The highest BCUT2D eigenvalue weighted by atomic mass is 19.3. The third-order valence-electron chi connectivity index (χ3n) is 1.83. The number of halogens is 2. The van der Waals surface area contributed by atoms with Crippen molar-refractivity contribution in [2.75, 3.05) is 11.9 Å². The van der Waals surface area contributed by atoms with Crippen molar-refractivity contribution in [1.29, 1.82) is 0 Å². The number of anilines is 1. The molecule has 0 fully saturated rings. The highest BCUT2D eigenvalue weighted by molar-refractivity contribution is 5.51. The molecule has 1 aromatic rings. The zero-order valence-electron chi connectivity index (χ0n) is 8.06. The van der Waals surface area contributed by atoms with E-state index in [0.717, 1.165) is 12.5 Å². The number of nitrogens with one attached hydrogen (secondary N) is 1. The van der Waals surface area contributed by atoms with E-state index in [4.69, 9.17) is 5.73 Å². The predicted molar refractivity (Wildman–Crippen MR) is 53.4 cm³/mol. The third-order valence-corrected chi connectivity index (χ3v) is 1.83. The molecule has 0 atom stereocenters. The van der Waals surface area contributed by atoms with E-state index in [-0.39, 0.29) is 6.54 Å². The molecule has 1 rings (SSSR count). The van der Waals surface area contributed by atoms with Gasteiger partial charge in [0.05, 0.1) is 6.54 Å². The number of hydrogen-bond donors (Lipinski definition) is 2. The van der Waals surface area contributed by atoms with Crippen LogP contribution in [-0.4, -0.2) is 12.5 Å². The molecule has 0 aromatic heterocycles. The Bertz CT molecular complexity index is 294. The van der Waals surface area contributed by atoms with Gasteiger partial charge in [0.2, 0.25) is 0 Å². The van der Waals surface area contributed by atoms with Gasteiger partial charge in [0, 0.05) is 19.2 Å². The van der Waals surface area contributed by atoms with Crippen molar-refractivity contribution in [1.82, 2.24) is 0 Å². The maximum Gasteiger partial charge on any atom is 0.262 e. The normalized spacial score (nSPS) is 11.4. The Balaban J connectivity index is 2.67. The summed E-state index contributed by atoms with van der Waals surface area (Å²) < 4.78 is 25.1. The molecule has 0 aliphatic rings. The van der Waals surface area contributed by atoms with Crippen LogP contribution in [0.5, 0.6) is 0 Å². The average molecular weight is 200 g/mol. The van der Waals surface area contributed by atoms with E-state index in [9.17, 15) is 8.78 Å². The van der Waals surface area contributed by atoms with Crippen molar-refractivity contribution in [2.24, 2.45) is 5.73 Å². The van der Waals surface area contributed by atoms with Crippen LogP contribution in [0.15, 0.2) is 24.3 Å². The molecule has 1 aromatic carbocycles. The van der Waals surface area contributed by atoms with E-state index >= 15 is 0 Å². The molecule has 14 heavy (non-hydrogen) atoms. The lowest BCUT2D eigenvalue weighted by molar-refractivity contribution is 0.0367. The van der Waals surface area contributed by atoms with Crippen LogP contribution in [0.4, 0.5) is 14.5 Å². The molecule has 0 heterocycles. The van der Waals surface area contributed by atoms with Crippen LogP contribution >= 0.6 is 0 Å². The van der Waals surface area contributed by atoms with Crippen LogP contribution in [0.3, 0.4) is 0 Å². The molecule has 0 radical (unpaired) electrons. The Kier molecular flexibility index (Phi) is 3.41. The quantitative estimate of drug-likeness (QED) is 0.782. The summed E-state index contributed by atoms with van der Waals surface area (Å²) in [6, 6.07) is 7.18. The fraction of sp³-hybridized carbons (Fsp3) is 0.400. The monoisotopic (exact) mass is 200 g/mol. The number of benzene rings is 1. The molecule has 0 saturated heterocycles. The Hall–Kier alpha value is -1.16.